The third-order valence-corrected chi connectivity index (χ3v) is 6.82. The number of benzene rings is 1. The monoisotopic (exact) mass is 370 g/mol. The molecule has 4 aliphatic rings. The number of hydrogen-bond donors (Lipinski definition) is 1. The molecule has 2 atom stereocenters. The second-order valence-electron chi connectivity index (χ2n) is 8.60. The van der Waals surface area contributed by atoms with Crippen LogP contribution in [0, 0.1) is 17.3 Å². The zero-order chi connectivity index (χ0) is 18.4. The number of carbonyl (C=O) groups excluding carboxylic acids is 2. The summed E-state index contributed by atoms with van der Waals surface area (Å²) < 4.78 is 10.7. The van der Waals surface area contributed by atoms with Gasteiger partial charge in [-0.05, 0) is 43.7 Å². The van der Waals surface area contributed by atoms with Gasteiger partial charge in [0.2, 0.25) is 18.6 Å². The van der Waals surface area contributed by atoms with Crippen LogP contribution in [0.5, 0.6) is 11.5 Å². The Hall–Kier alpha value is -2.24. The molecule has 6 nitrogen and oxygen atoms in total. The Morgan fingerprint density at radius 1 is 1.19 bits per heavy atom. The molecule has 3 fully saturated rings. The van der Waals surface area contributed by atoms with Crippen LogP contribution in [0.15, 0.2) is 18.2 Å². The lowest BCUT2D eigenvalue weighted by Crippen LogP contribution is -2.31. The quantitative estimate of drug-likeness (QED) is 0.884. The summed E-state index contributed by atoms with van der Waals surface area (Å²) >= 11 is 0. The Labute approximate surface area is 159 Å². The molecule has 27 heavy (non-hydrogen) atoms. The predicted octanol–water partition coefficient (Wildman–Crippen LogP) is 3.17. The van der Waals surface area contributed by atoms with Gasteiger partial charge >= 0.3 is 0 Å². The third-order valence-electron chi connectivity index (χ3n) is 6.82. The van der Waals surface area contributed by atoms with Gasteiger partial charge in [0.1, 0.15) is 0 Å². The van der Waals surface area contributed by atoms with Gasteiger partial charge in [-0.15, -0.1) is 0 Å². The van der Waals surface area contributed by atoms with Gasteiger partial charge < -0.3 is 19.7 Å². The van der Waals surface area contributed by atoms with E-state index in [1.54, 1.807) is 6.07 Å². The molecule has 1 N–H and O–H groups in total. The maximum Gasteiger partial charge on any atom is 0.231 e. The molecule has 1 spiro atoms. The van der Waals surface area contributed by atoms with Crippen LogP contribution in [-0.4, -0.2) is 36.6 Å². The summed E-state index contributed by atoms with van der Waals surface area (Å²) in [5.74, 6) is 2.32. The van der Waals surface area contributed by atoms with Gasteiger partial charge in [-0.3, -0.25) is 9.59 Å². The fraction of sp³-hybridized carbons (Fsp3) is 0.619. The number of carbonyl (C=O) groups is 2. The summed E-state index contributed by atoms with van der Waals surface area (Å²) in [7, 11) is 0. The number of nitrogens with zero attached hydrogens (tertiary/aromatic N) is 1. The third kappa shape index (κ3) is 3.15. The highest BCUT2D eigenvalue weighted by Crippen LogP contribution is 2.59. The van der Waals surface area contributed by atoms with E-state index in [0.717, 1.165) is 31.6 Å². The first-order valence-electron chi connectivity index (χ1n) is 10.1. The Morgan fingerprint density at radius 3 is 2.85 bits per heavy atom. The maximum atomic E-state index is 12.7. The lowest BCUT2D eigenvalue weighted by atomic mass is 10.0. The van der Waals surface area contributed by atoms with Crippen LogP contribution in [0.3, 0.4) is 0 Å². The van der Waals surface area contributed by atoms with Crippen LogP contribution in [0.1, 0.15) is 44.9 Å². The van der Waals surface area contributed by atoms with E-state index in [0.29, 0.717) is 29.7 Å². The van der Waals surface area contributed by atoms with Crippen molar-refractivity contribution in [3.8, 4) is 11.5 Å². The van der Waals surface area contributed by atoms with Gasteiger partial charge in [-0.2, -0.15) is 0 Å². The highest BCUT2D eigenvalue weighted by Gasteiger charge is 2.61. The fourth-order valence-electron chi connectivity index (χ4n) is 5.07. The van der Waals surface area contributed by atoms with Crippen molar-refractivity contribution < 1.29 is 19.1 Å². The first kappa shape index (κ1) is 16.9. The predicted molar refractivity (Wildman–Crippen MR) is 99.5 cm³/mol. The summed E-state index contributed by atoms with van der Waals surface area (Å²) in [6.45, 7) is 1.78. The van der Waals surface area contributed by atoms with Crippen molar-refractivity contribution in [1.82, 2.24) is 4.90 Å². The van der Waals surface area contributed by atoms with Gasteiger partial charge in [0.15, 0.2) is 11.5 Å². The van der Waals surface area contributed by atoms with Gasteiger partial charge in [0.25, 0.3) is 0 Å². The van der Waals surface area contributed by atoms with Crippen molar-refractivity contribution in [2.75, 3.05) is 25.2 Å². The largest absolute Gasteiger partial charge is 0.454 e. The first-order chi connectivity index (χ1) is 13.1. The van der Waals surface area contributed by atoms with Gasteiger partial charge in [0.05, 0.1) is 0 Å². The molecule has 1 aromatic rings. The summed E-state index contributed by atoms with van der Waals surface area (Å²) in [5.41, 5.74) is 0.740. The molecule has 0 unspecified atom stereocenters. The zero-order valence-electron chi connectivity index (χ0n) is 15.5. The second kappa shape index (κ2) is 6.43. The molecule has 1 saturated heterocycles. The summed E-state index contributed by atoms with van der Waals surface area (Å²) in [6.07, 6.45) is 7.47. The van der Waals surface area contributed by atoms with E-state index >= 15 is 0 Å². The maximum absolute atomic E-state index is 12.7. The van der Waals surface area contributed by atoms with E-state index in [2.05, 4.69) is 5.32 Å². The average Bonchev–Trinajstić information content (AvgIpc) is 3.10. The molecule has 144 valence electrons. The van der Waals surface area contributed by atoms with Gasteiger partial charge in [0, 0.05) is 42.6 Å². The highest BCUT2D eigenvalue weighted by molar-refractivity contribution is 5.95. The number of amides is 2. The minimum absolute atomic E-state index is 0.00571. The molecule has 5 rings (SSSR count). The minimum atomic E-state index is 0.00571. The first-order valence-corrected chi connectivity index (χ1v) is 10.1. The second-order valence-corrected chi connectivity index (χ2v) is 8.60. The number of likely N-dealkylation sites (tertiary alicyclic amines) is 1. The van der Waals surface area contributed by atoms with Crippen molar-refractivity contribution in [1.29, 1.82) is 0 Å². The molecule has 2 aliphatic carbocycles. The van der Waals surface area contributed by atoms with Crippen LogP contribution in [0.4, 0.5) is 5.69 Å². The molecule has 2 aliphatic heterocycles. The van der Waals surface area contributed by atoms with Crippen molar-refractivity contribution in [2.45, 2.75) is 44.9 Å². The van der Waals surface area contributed by atoms with Crippen LogP contribution < -0.4 is 14.8 Å². The SMILES string of the molecule is O=C(Nc1ccc2c(c1)OCO2)[C@@H]1C[C@@]12CCN(C(=O)CC1CCCC1)C2. The van der Waals surface area contributed by atoms with Crippen LogP contribution in [0.2, 0.25) is 0 Å². The van der Waals surface area contributed by atoms with Gasteiger partial charge in [-0.1, -0.05) is 12.8 Å². The minimum Gasteiger partial charge on any atom is -0.454 e. The number of anilines is 1. The summed E-state index contributed by atoms with van der Waals surface area (Å²) in [6, 6.07) is 5.47. The number of hydrogen-bond acceptors (Lipinski definition) is 4. The Balaban J connectivity index is 1.16. The molecular weight excluding hydrogens is 344 g/mol. The normalized spacial score (nSPS) is 28.7. The van der Waals surface area contributed by atoms with Crippen molar-refractivity contribution in [3.05, 3.63) is 18.2 Å². The van der Waals surface area contributed by atoms with Crippen molar-refractivity contribution >= 4 is 17.5 Å². The fourth-order valence-corrected chi connectivity index (χ4v) is 5.07. The zero-order valence-corrected chi connectivity index (χ0v) is 15.5. The van der Waals surface area contributed by atoms with E-state index in [9.17, 15) is 9.59 Å². The summed E-state index contributed by atoms with van der Waals surface area (Å²) in [5, 5.41) is 3.01. The number of rotatable bonds is 4. The lowest BCUT2D eigenvalue weighted by molar-refractivity contribution is -0.131. The Morgan fingerprint density at radius 2 is 2.00 bits per heavy atom. The van der Waals surface area contributed by atoms with E-state index in [1.807, 2.05) is 17.0 Å². The van der Waals surface area contributed by atoms with E-state index in [-0.39, 0.29) is 24.0 Å². The number of ether oxygens (including phenoxy) is 2. The molecule has 0 aromatic heterocycles. The molecule has 1 aromatic carbocycles. The smallest absolute Gasteiger partial charge is 0.231 e. The standard InChI is InChI=1S/C21H26N2O4/c24-19(9-14-3-1-2-4-14)23-8-7-21(12-23)11-16(21)20(25)22-15-5-6-17-18(10-15)27-13-26-17/h5-6,10,14,16H,1-4,7-9,11-13H2,(H,22,25)/t16-,21+/m0/s1. The van der Waals surface area contributed by atoms with Crippen LogP contribution >= 0.6 is 0 Å². The number of fused-ring (bicyclic) bond motifs is 1. The van der Waals surface area contributed by atoms with Crippen molar-refractivity contribution in [2.24, 2.45) is 17.3 Å². The van der Waals surface area contributed by atoms with E-state index in [1.165, 1.54) is 25.7 Å². The van der Waals surface area contributed by atoms with Gasteiger partial charge in [-0.25, -0.2) is 0 Å². The van der Waals surface area contributed by atoms with Crippen molar-refractivity contribution in [3.63, 3.8) is 0 Å². The average molecular weight is 370 g/mol. The van der Waals surface area contributed by atoms with Crippen LogP contribution in [-0.2, 0) is 9.59 Å². The van der Waals surface area contributed by atoms with Crippen LogP contribution in [0.25, 0.3) is 0 Å². The molecule has 2 amide bonds. The Bertz CT molecular complexity index is 773. The Kier molecular flexibility index (Phi) is 4.02. The van der Waals surface area contributed by atoms with E-state index < -0.39 is 0 Å². The van der Waals surface area contributed by atoms with E-state index in [4.69, 9.17) is 9.47 Å². The summed E-state index contributed by atoms with van der Waals surface area (Å²) in [4.78, 5) is 27.3. The number of nitrogens with one attached hydrogen (secondary N) is 1. The molecule has 0 bridgehead atoms. The molecule has 2 heterocycles. The molecule has 2 saturated carbocycles. The molecule has 6 heteroatoms. The lowest BCUT2D eigenvalue weighted by Gasteiger charge is -2.19. The topological polar surface area (TPSA) is 67.9 Å². The molecular formula is C21H26N2O4. The molecule has 0 radical (unpaired) electrons. The highest BCUT2D eigenvalue weighted by atomic mass is 16.7.